The van der Waals surface area contributed by atoms with E-state index in [1.165, 1.54) is 0 Å². The third-order valence-corrected chi connectivity index (χ3v) is 5.64. The van der Waals surface area contributed by atoms with E-state index in [-0.39, 0.29) is 12.5 Å². The first-order valence-corrected chi connectivity index (χ1v) is 10.6. The van der Waals surface area contributed by atoms with Crippen LogP contribution in [-0.2, 0) is 14.3 Å². The summed E-state index contributed by atoms with van der Waals surface area (Å²) >= 11 is 0. The fourth-order valence-electron chi connectivity index (χ4n) is 4.14. The largest absolute Gasteiger partial charge is 0.465 e. The van der Waals surface area contributed by atoms with Crippen LogP contribution in [-0.4, -0.2) is 34.6 Å². The van der Waals surface area contributed by atoms with Crippen LogP contribution in [0.1, 0.15) is 43.9 Å². The Morgan fingerprint density at radius 1 is 1.10 bits per heavy atom. The van der Waals surface area contributed by atoms with Crippen molar-refractivity contribution in [3.05, 3.63) is 59.7 Å². The molecule has 0 radical (unpaired) electrons. The van der Waals surface area contributed by atoms with Gasteiger partial charge >= 0.3 is 5.97 Å². The highest BCUT2D eigenvalue weighted by molar-refractivity contribution is 6.08. The monoisotopic (exact) mass is 405 g/mol. The van der Waals surface area contributed by atoms with Gasteiger partial charge in [0.25, 0.3) is 0 Å². The van der Waals surface area contributed by atoms with Gasteiger partial charge in [-0.25, -0.2) is 4.98 Å². The lowest BCUT2D eigenvalue weighted by molar-refractivity contribution is -0.153. The van der Waals surface area contributed by atoms with Crippen molar-refractivity contribution >= 4 is 28.9 Å². The summed E-state index contributed by atoms with van der Waals surface area (Å²) in [6, 6.07) is 15.3. The number of carbonyl (C=O) groups is 2. The van der Waals surface area contributed by atoms with E-state index in [0.717, 1.165) is 35.0 Å². The minimum atomic E-state index is -0.949. The molecule has 0 fully saturated rings. The highest BCUT2D eigenvalue weighted by Crippen LogP contribution is 2.41. The zero-order chi connectivity index (χ0) is 21.3. The van der Waals surface area contributed by atoms with Crippen molar-refractivity contribution in [3.8, 4) is 0 Å². The van der Waals surface area contributed by atoms with Gasteiger partial charge in [0.2, 0.25) is 11.9 Å². The maximum atomic E-state index is 13.6. The van der Waals surface area contributed by atoms with Crippen LogP contribution < -0.4 is 4.90 Å². The molecule has 2 heterocycles. The first kappa shape index (κ1) is 20.1. The summed E-state index contributed by atoms with van der Waals surface area (Å²) in [5, 5.41) is 0. The summed E-state index contributed by atoms with van der Waals surface area (Å²) in [6.07, 6.45) is 1.77. The molecular formula is C24H27N3O3. The molecule has 0 unspecified atom stereocenters. The summed E-state index contributed by atoms with van der Waals surface area (Å²) in [6.45, 7) is 6.61. The SMILES string of the molecule is CCCCN1C(=O)[C@H](C(=O)OCC)[C@@H](c2ccc(C)cc2)n2c1nc1ccccc12. The second kappa shape index (κ2) is 8.30. The summed E-state index contributed by atoms with van der Waals surface area (Å²) in [5.41, 5.74) is 3.73. The smallest absolute Gasteiger partial charge is 0.321 e. The lowest BCUT2D eigenvalue weighted by Gasteiger charge is -2.38. The second-order valence-corrected chi connectivity index (χ2v) is 7.70. The number of anilines is 1. The maximum Gasteiger partial charge on any atom is 0.321 e. The van der Waals surface area contributed by atoms with Crippen molar-refractivity contribution < 1.29 is 14.3 Å². The minimum Gasteiger partial charge on any atom is -0.465 e. The van der Waals surface area contributed by atoms with Crippen molar-refractivity contribution in [2.45, 2.75) is 39.7 Å². The molecule has 0 bridgehead atoms. The molecule has 6 nitrogen and oxygen atoms in total. The molecule has 3 aromatic rings. The molecule has 2 atom stereocenters. The first-order valence-electron chi connectivity index (χ1n) is 10.6. The van der Waals surface area contributed by atoms with Crippen LogP contribution in [0.15, 0.2) is 48.5 Å². The Hall–Kier alpha value is -3.15. The number of hydrogen-bond donors (Lipinski definition) is 0. The van der Waals surface area contributed by atoms with Crippen molar-refractivity contribution in [2.24, 2.45) is 5.92 Å². The number of carbonyl (C=O) groups excluding carboxylic acids is 2. The zero-order valence-electron chi connectivity index (χ0n) is 17.7. The van der Waals surface area contributed by atoms with Gasteiger partial charge in [-0.1, -0.05) is 55.3 Å². The second-order valence-electron chi connectivity index (χ2n) is 7.70. The summed E-state index contributed by atoms with van der Waals surface area (Å²) in [5.74, 6) is -1.08. The Kier molecular flexibility index (Phi) is 5.57. The Morgan fingerprint density at radius 2 is 1.83 bits per heavy atom. The van der Waals surface area contributed by atoms with Gasteiger partial charge in [0.1, 0.15) is 0 Å². The molecular weight excluding hydrogens is 378 g/mol. The molecule has 156 valence electrons. The Balaban J connectivity index is 1.97. The normalized spacial score (nSPS) is 18.5. The molecule has 0 saturated carbocycles. The molecule has 0 spiro atoms. The van der Waals surface area contributed by atoms with Gasteiger partial charge in [-0.15, -0.1) is 0 Å². The zero-order valence-corrected chi connectivity index (χ0v) is 17.7. The molecule has 1 amide bonds. The number of rotatable bonds is 6. The van der Waals surface area contributed by atoms with Crippen LogP contribution in [0, 0.1) is 12.8 Å². The number of imidazole rings is 1. The molecule has 2 aromatic carbocycles. The van der Waals surface area contributed by atoms with Crippen LogP contribution >= 0.6 is 0 Å². The van der Waals surface area contributed by atoms with Gasteiger partial charge in [-0.3, -0.25) is 14.5 Å². The molecule has 4 rings (SSSR count). The van der Waals surface area contributed by atoms with E-state index in [1.807, 2.05) is 60.0 Å². The summed E-state index contributed by atoms with van der Waals surface area (Å²) < 4.78 is 7.40. The number of unbranched alkanes of at least 4 members (excludes halogenated alkanes) is 1. The highest BCUT2D eigenvalue weighted by atomic mass is 16.5. The fourth-order valence-corrected chi connectivity index (χ4v) is 4.14. The average Bonchev–Trinajstić information content (AvgIpc) is 3.12. The van der Waals surface area contributed by atoms with E-state index in [0.29, 0.717) is 12.5 Å². The fraction of sp³-hybridized carbons (Fsp3) is 0.375. The van der Waals surface area contributed by atoms with Crippen LogP contribution in [0.3, 0.4) is 0 Å². The quantitative estimate of drug-likeness (QED) is 0.454. The lowest BCUT2D eigenvalue weighted by Crippen LogP contribution is -2.50. The number of hydrogen-bond acceptors (Lipinski definition) is 4. The molecule has 0 N–H and O–H groups in total. The van der Waals surface area contributed by atoms with Crippen LogP contribution in [0.5, 0.6) is 0 Å². The number of fused-ring (bicyclic) bond motifs is 3. The van der Waals surface area contributed by atoms with Crippen molar-refractivity contribution in [1.29, 1.82) is 0 Å². The maximum absolute atomic E-state index is 13.6. The third-order valence-electron chi connectivity index (χ3n) is 5.64. The number of para-hydroxylation sites is 2. The number of aryl methyl sites for hydroxylation is 1. The molecule has 0 saturated heterocycles. The van der Waals surface area contributed by atoms with E-state index in [9.17, 15) is 9.59 Å². The van der Waals surface area contributed by atoms with Gasteiger partial charge in [0.05, 0.1) is 23.7 Å². The number of benzene rings is 2. The van der Waals surface area contributed by atoms with Crippen molar-refractivity contribution in [2.75, 3.05) is 18.1 Å². The summed E-state index contributed by atoms with van der Waals surface area (Å²) in [4.78, 5) is 33.1. The predicted octanol–water partition coefficient (Wildman–Crippen LogP) is 4.26. The van der Waals surface area contributed by atoms with E-state index in [2.05, 4.69) is 6.92 Å². The third kappa shape index (κ3) is 3.36. The van der Waals surface area contributed by atoms with Gasteiger partial charge in [0, 0.05) is 6.54 Å². The Labute approximate surface area is 176 Å². The van der Waals surface area contributed by atoms with Gasteiger partial charge in [-0.05, 0) is 38.0 Å². The van der Waals surface area contributed by atoms with Gasteiger partial charge in [-0.2, -0.15) is 0 Å². The number of esters is 1. The lowest BCUT2D eigenvalue weighted by atomic mass is 9.89. The summed E-state index contributed by atoms with van der Waals surface area (Å²) in [7, 11) is 0. The topological polar surface area (TPSA) is 64.4 Å². The molecule has 0 aliphatic carbocycles. The predicted molar refractivity (Wildman–Crippen MR) is 116 cm³/mol. The van der Waals surface area contributed by atoms with Crippen LogP contribution in [0.25, 0.3) is 11.0 Å². The van der Waals surface area contributed by atoms with Crippen molar-refractivity contribution in [1.82, 2.24) is 9.55 Å². The molecule has 1 aliphatic heterocycles. The molecule has 1 aliphatic rings. The Bertz CT molecular complexity index is 1070. The first-order chi connectivity index (χ1) is 14.6. The number of amides is 1. The standard InChI is InChI=1S/C24H27N3O3/c1-4-6-15-26-22(28)20(23(29)30-5-2)21(17-13-11-16(3)12-14-17)27-19-10-8-7-9-18(19)25-24(26)27/h7-14,20-21H,4-6,15H2,1-3H3/t20-,21-/m1/s1. The molecule has 6 heteroatoms. The number of aromatic nitrogens is 2. The van der Waals surface area contributed by atoms with E-state index < -0.39 is 17.9 Å². The average molecular weight is 405 g/mol. The van der Waals surface area contributed by atoms with Crippen LogP contribution in [0.2, 0.25) is 0 Å². The van der Waals surface area contributed by atoms with E-state index in [1.54, 1.807) is 11.8 Å². The van der Waals surface area contributed by atoms with Crippen LogP contribution in [0.4, 0.5) is 5.95 Å². The minimum absolute atomic E-state index is 0.232. The van der Waals surface area contributed by atoms with E-state index in [4.69, 9.17) is 9.72 Å². The van der Waals surface area contributed by atoms with Crippen molar-refractivity contribution in [3.63, 3.8) is 0 Å². The molecule has 1 aromatic heterocycles. The van der Waals surface area contributed by atoms with Gasteiger partial charge in [0.15, 0.2) is 5.92 Å². The number of ether oxygens (including phenoxy) is 1. The number of nitrogens with zero attached hydrogens (tertiary/aromatic N) is 3. The highest BCUT2D eigenvalue weighted by Gasteiger charge is 2.47. The van der Waals surface area contributed by atoms with Gasteiger partial charge < -0.3 is 9.30 Å². The van der Waals surface area contributed by atoms with E-state index >= 15 is 0 Å². The molecule has 30 heavy (non-hydrogen) atoms. The Morgan fingerprint density at radius 3 is 2.53 bits per heavy atom.